The van der Waals surface area contributed by atoms with Crippen molar-refractivity contribution >= 4 is 5.69 Å². The highest BCUT2D eigenvalue weighted by Gasteiger charge is 2.40. The fourth-order valence-corrected chi connectivity index (χ4v) is 5.12. The van der Waals surface area contributed by atoms with Gasteiger partial charge in [-0.05, 0) is 74.3 Å². The summed E-state index contributed by atoms with van der Waals surface area (Å²) >= 11 is 0. The Kier molecular flexibility index (Phi) is 2.82. The van der Waals surface area contributed by atoms with Gasteiger partial charge in [-0.25, -0.2) is 0 Å². The van der Waals surface area contributed by atoms with Gasteiger partial charge in [0.05, 0.1) is 0 Å². The van der Waals surface area contributed by atoms with Crippen LogP contribution in [0.3, 0.4) is 0 Å². The molecule has 5 unspecified atom stereocenters. The predicted molar refractivity (Wildman–Crippen MR) is 80.4 cm³/mol. The van der Waals surface area contributed by atoms with Crippen molar-refractivity contribution in [2.45, 2.75) is 57.4 Å². The molecule has 0 aromatic heterocycles. The zero-order valence-electron chi connectivity index (χ0n) is 11.9. The maximum Gasteiger partial charge on any atom is 0.0377 e. The molecule has 0 saturated heterocycles. The summed E-state index contributed by atoms with van der Waals surface area (Å²) in [6.07, 6.45) is 8.91. The number of benzene rings is 1. The van der Waals surface area contributed by atoms with Crippen LogP contribution in [0.5, 0.6) is 0 Å². The summed E-state index contributed by atoms with van der Waals surface area (Å²) in [5, 5.41) is 3.65. The summed E-state index contributed by atoms with van der Waals surface area (Å²) in [5.74, 6) is 3.99. The summed E-state index contributed by atoms with van der Waals surface area (Å²) in [5.41, 5.74) is 2.98. The second-order valence-electron chi connectivity index (χ2n) is 7.24. The number of rotatable bonds is 2. The lowest BCUT2D eigenvalue weighted by atomic mass is 9.76. The van der Waals surface area contributed by atoms with Gasteiger partial charge in [0.15, 0.2) is 0 Å². The van der Waals surface area contributed by atoms with Crippen LogP contribution < -0.4 is 5.32 Å². The fourth-order valence-electron chi connectivity index (χ4n) is 5.12. The topological polar surface area (TPSA) is 12.0 Å². The molecule has 5 atom stereocenters. The molecule has 0 spiro atoms. The van der Waals surface area contributed by atoms with E-state index in [0.29, 0.717) is 6.04 Å². The smallest absolute Gasteiger partial charge is 0.0377 e. The van der Waals surface area contributed by atoms with Crippen LogP contribution in [0.2, 0.25) is 0 Å². The van der Waals surface area contributed by atoms with Crippen LogP contribution in [0.25, 0.3) is 0 Å². The minimum absolute atomic E-state index is 0.637. The van der Waals surface area contributed by atoms with Gasteiger partial charge in [-0.3, -0.25) is 0 Å². The van der Waals surface area contributed by atoms with E-state index in [0.717, 1.165) is 23.7 Å². The maximum atomic E-state index is 3.65. The Hall–Kier alpha value is -0.980. The Bertz CT molecular complexity index is 467. The highest BCUT2D eigenvalue weighted by molar-refractivity contribution is 5.55. The van der Waals surface area contributed by atoms with E-state index in [-0.39, 0.29) is 0 Å². The van der Waals surface area contributed by atoms with E-state index in [2.05, 4.69) is 36.5 Å². The molecule has 1 aromatic rings. The van der Waals surface area contributed by atoms with Crippen molar-refractivity contribution in [3.63, 3.8) is 0 Å². The lowest BCUT2D eigenvalue weighted by Gasteiger charge is -2.34. The first-order chi connectivity index (χ1) is 9.29. The second kappa shape index (κ2) is 4.54. The van der Waals surface area contributed by atoms with E-state index >= 15 is 0 Å². The Balaban J connectivity index is 1.55. The highest BCUT2D eigenvalue weighted by Crippen LogP contribution is 2.52. The summed E-state index contributed by atoms with van der Waals surface area (Å²) in [6, 6.07) is 9.63. The molecular formula is C18H25N. The molecule has 3 aliphatic rings. The average Bonchev–Trinajstić information content (AvgIpc) is 3.01. The average molecular weight is 255 g/mol. The monoisotopic (exact) mass is 255 g/mol. The molecule has 1 aliphatic heterocycles. The van der Waals surface area contributed by atoms with Crippen molar-refractivity contribution in [2.75, 3.05) is 5.32 Å². The third kappa shape index (κ3) is 2.07. The standard InChI is InChI=1S/C18H25N/c1-12-8-16(17-4-2-3-5-18(17)19-12)11-15-10-13-6-7-14(15)9-13/h2-5,12-16,19H,6-11H2,1H3. The molecule has 2 bridgehead atoms. The molecule has 2 fully saturated rings. The van der Waals surface area contributed by atoms with Crippen molar-refractivity contribution in [1.82, 2.24) is 0 Å². The van der Waals surface area contributed by atoms with Crippen LogP contribution in [-0.4, -0.2) is 6.04 Å². The molecule has 19 heavy (non-hydrogen) atoms. The third-order valence-electron chi connectivity index (χ3n) is 5.91. The van der Waals surface area contributed by atoms with Crippen molar-refractivity contribution in [3.05, 3.63) is 29.8 Å². The predicted octanol–water partition coefficient (Wildman–Crippen LogP) is 4.80. The molecule has 1 heteroatoms. The van der Waals surface area contributed by atoms with Crippen LogP contribution in [0.1, 0.15) is 56.9 Å². The molecule has 0 radical (unpaired) electrons. The number of hydrogen-bond acceptors (Lipinski definition) is 1. The minimum Gasteiger partial charge on any atom is -0.382 e. The highest BCUT2D eigenvalue weighted by atomic mass is 14.9. The van der Waals surface area contributed by atoms with E-state index in [1.54, 1.807) is 12.0 Å². The number of hydrogen-bond donors (Lipinski definition) is 1. The molecule has 1 heterocycles. The first-order valence-corrected chi connectivity index (χ1v) is 8.15. The Morgan fingerprint density at radius 3 is 2.79 bits per heavy atom. The lowest BCUT2D eigenvalue weighted by Crippen LogP contribution is -2.27. The van der Waals surface area contributed by atoms with Crippen molar-refractivity contribution in [2.24, 2.45) is 17.8 Å². The van der Waals surface area contributed by atoms with Crippen molar-refractivity contribution in [3.8, 4) is 0 Å². The van der Waals surface area contributed by atoms with Crippen LogP contribution in [0.15, 0.2) is 24.3 Å². The second-order valence-corrected chi connectivity index (χ2v) is 7.24. The van der Waals surface area contributed by atoms with Crippen LogP contribution in [0.4, 0.5) is 5.69 Å². The van der Waals surface area contributed by atoms with Crippen molar-refractivity contribution in [1.29, 1.82) is 0 Å². The third-order valence-corrected chi connectivity index (χ3v) is 5.91. The molecular weight excluding hydrogens is 230 g/mol. The van der Waals surface area contributed by atoms with Gasteiger partial charge >= 0.3 is 0 Å². The van der Waals surface area contributed by atoms with Gasteiger partial charge in [-0.2, -0.15) is 0 Å². The van der Waals surface area contributed by atoms with Gasteiger partial charge in [0.1, 0.15) is 0 Å². The molecule has 1 N–H and O–H groups in total. The first-order valence-electron chi connectivity index (χ1n) is 8.15. The fraction of sp³-hybridized carbons (Fsp3) is 0.667. The maximum absolute atomic E-state index is 3.65. The van der Waals surface area contributed by atoms with Crippen LogP contribution >= 0.6 is 0 Å². The lowest BCUT2D eigenvalue weighted by molar-refractivity contribution is 0.285. The van der Waals surface area contributed by atoms with E-state index in [4.69, 9.17) is 0 Å². The van der Waals surface area contributed by atoms with Crippen LogP contribution in [-0.2, 0) is 0 Å². The van der Waals surface area contributed by atoms with Gasteiger partial charge in [-0.1, -0.05) is 24.6 Å². The number of fused-ring (bicyclic) bond motifs is 3. The van der Waals surface area contributed by atoms with E-state index < -0.39 is 0 Å². The normalized spacial score (nSPS) is 39.9. The molecule has 0 amide bonds. The first kappa shape index (κ1) is 11.8. The van der Waals surface area contributed by atoms with Crippen molar-refractivity contribution < 1.29 is 0 Å². The molecule has 4 rings (SSSR count). The molecule has 1 nitrogen and oxygen atoms in total. The summed E-state index contributed by atoms with van der Waals surface area (Å²) < 4.78 is 0. The Labute approximate surface area is 116 Å². The number of para-hydroxylation sites is 1. The minimum atomic E-state index is 0.637. The summed E-state index contributed by atoms with van der Waals surface area (Å²) in [7, 11) is 0. The number of anilines is 1. The molecule has 1 aromatic carbocycles. The van der Waals surface area contributed by atoms with E-state index in [1.807, 2.05) is 0 Å². The molecule has 2 saturated carbocycles. The molecule has 102 valence electrons. The Morgan fingerprint density at radius 1 is 1.11 bits per heavy atom. The van der Waals surface area contributed by atoms with E-state index in [9.17, 15) is 0 Å². The van der Waals surface area contributed by atoms with E-state index in [1.165, 1.54) is 37.8 Å². The van der Waals surface area contributed by atoms with Gasteiger partial charge < -0.3 is 5.32 Å². The van der Waals surface area contributed by atoms with Crippen LogP contribution in [0, 0.1) is 17.8 Å². The van der Waals surface area contributed by atoms with Gasteiger partial charge in [-0.15, -0.1) is 0 Å². The quantitative estimate of drug-likeness (QED) is 0.800. The zero-order valence-corrected chi connectivity index (χ0v) is 11.9. The number of nitrogens with one attached hydrogen (secondary N) is 1. The SMILES string of the molecule is CC1CC(CC2CC3CCC2C3)c2ccccc2N1. The van der Waals surface area contributed by atoms with Gasteiger partial charge in [0, 0.05) is 11.7 Å². The summed E-state index contributed by atoms with van der Waals surface area (Å²) in [4.78, 5) is 0. The Morgan fingerprint density at radius 2 is 2.00 bits per heavy atom. The van der Waals surface area contributed by atoms with Gasteiger partial charge in [0.25, 0.3) is 0 Å². The zero-order chi connectivity index (χ0) is 12.8. The van der Waals surface area contributed by atoms with Gasteiger partial charge in [0.2, 0.25) is 0 Å². The molecule has 2 aliphatic carbocycles. The summed E-state index contributed by atoms with van der Waals surface area (Å²) in [6.45, 7) is 2.34. The largest absolute Gasteiger partial charge is 0.382 e.